The molecule has 0 fully saturated rings. The van der Waals surface area contributed by atoms with Crippen LogP contribution in [0.15, 0.2) is 23.8 Å². The average Bonchev–Trinajstić information content (AvgIpc) is 2.02. The third-order valence-electron chi connectivity index (χ3n) is 2.44. The molecule has 0 amide bonds. The third-order valence-corrected chi connectivity index (χ3v) is 2.44. The molecule has 3 heteroatoms. The van der Waals surface area contributed by atoms with Crippen LogP contribution in [-0.4, -0.2) is 6.18 Å². The summed E-state index contributed by atoms with van der Waals surface area (Å²) in [6.45, 7) is 3.81. The van der Waals surface area contributed by atoms with Crippen LogP contribution in [0.2, 0.25) is 0 Å². The number of alkyl halides is 3. The smallest absolute Gasteiger partial charge is 0.166 e. The fraction of sp³-hybridized carbons (Fsp3) is 0.600. The maximum Gasteiger partial charge on any atom is 0.416 e. The van der Waals surface area contributed by atoms with Crippen molar-refractivity contribution in [2.45, 2.75) is 26.4 Å². The molecule has 0 radical (unpaired) electrons. The Morgan fingerprint density at radius 1 is 1.38 bits per heavy atom. The lowest BCUT2D eigenvalue weighted by atomic mass is 9.85. The molecule has 74 valence electrons. The fourth-order valence-electron chi connectivity index (χ4n) is 1.56. The third kappa shape index (κ3) is 2.36. The van der Waals surface area contributed by atoms with Gasteiger partial charge in [-0.2, -0.15) is 13.2 Å². The van der Waals surface area contributed by atoms with Gasteiger partial charge in [0.2, 0.25) is 0 Å². The van der Waals surface area contributed by atoms with Crippen molar-refractivity contribution in [1.82, 2.24) is 0 Å². The molecule has 0 spiro atoms. The van der Waals surface area contributed by atoms with Crippen LogP contribution >= 0.6 is 0 Å². The van der Waals surface area contributed by atoms with Gasteiger partial charge in [0.1, 0.15) is 0 Å². The number of rotatable bonds is 1. The molecule has 0 nitrogen and oxygen atoms in total. The van der Waals surface area contributed by atoms with Crippen molar-refractivity contribution in [3.8, 4) is 0 Å². The second-order valence-electron chi connectivity index (χ2n) is 3.41. The zero-order chi connectivity index (χ0) is 10.1. The molecule has 0 aliphatic heterocycles. The highest BCUT2D eigenvalue weighted by Crippen LogP contribution is 2.33. The number of allylic oxidation sites excluding steroid dienone is 4. The Balaban J connectivity index is 2.80. The fourth-order valence-corrected chi connectivity index (χ4v) is 1.56. The van der Waals surface area contributed by atoms with Crippen LogP contribution in [0.1, 0.15) is 20.3 Å². The number of hydrogen-bond donors (Lipinski definition) is 0. The molecule has 0 N–H and O–H groups in total. The second-order valence-corrected chi connectivity index (χ2v) is 3.41. The lowest BCUT2D eigenvalue weighted by molar-refractivity contribution is -0.0890. The summed E-state index contributed by atoms with van der Waals surface area (Å²) < 4.78 is 36.7. The Labute approximate surface area is 76.1 Å². The minimum Gasteiger partial charge on any atom is -0.166 e. The first kappa shape index (κ1) is 10.4. The quantitative estimate of drug-likeness (QED) is 0.591. The van der Waals surface area contributed by atoms with Gasteiger partial charge in [0.25, 0.3) is 0 Å². The first-order chi connectivity index (χ1) is 5.95. The van der Waals surface area contributed by atoms with Crippen LogP contribution in [-0.2, 0) is 0 Å². The van der Waals surface area contributed by atoms with E-state index in [-0.39, 0.29) is 11.8 Å². The first-order valence-electron chi connectivity index (χ1n) is 4.42. The van der Waals surface area contributed by atoms with E-state index in [9.17, 15) is 13.2 Å². The Morgan fingerprint density at radius 2 is 2.00 bits per heavy atom. The Hall–Kier alpha value is -0.730. The molecule has 2 atom stereocenters. The minimum absolute atomic E-state index is 0.00775. The average molecular weight is 190 g/mol. The Kier molecular flexibility index (Phi) is 2.84. The molecular formula is C10H13F3. The predicted molar refractivity (Wildman–Crippen MR) is 46.2 cm³/mol. The molecule has 0 aromatic rings. The van der Waals surface area contributed by atoms with E-state index in [2.05, 4.69) is 0 Å². The van der Waals surface area contributed by atoms with Gasteiger partial charge >= 0.3 is 6.18 Å². The van der Waals surface area contributed by atoms with Crippen LogP contribution in [0, 0.1) is 11.8 Å². The molecule has 0 saturated heterocycles. The molecule has 0 aromatic carbocycles. The highest BCUT2D eigenvalue weighted by atomic mass is 19.4. The first-order valence-corrected chi connectivity index (χ1v) is 4.42. The summed E-state index contributed by atoms with van der Waals surface area (Å²) in [4.78, 5) is 0. The molecule has 0 bridgehead atoms. The van der Waals surface area contributed by atoms with Crippen LogP contribution in [0.5, 0.6) is 0 Å². The van der Waals surface area contributed by atoms with E-state index in [0.29, 0.717) is 0 Å². The van der Waals surface area contributed by atoms with Crippen molar-refractivity contribution >= 4 is 0 Å². The Bertz CT molecular complexity index is 235. The van der Waals surface area contributed by atoms with E-state index in [1.165, 1.54) is 12.2 Å². The van der Waals surface area contributed by atoms with Gasteiger partial charge < -0.3 is 0 Å². The van der Waals surface area contributed by atoms with E-state index in [1.807, 2.05) is 13.8 Å². The summed E-state index contributed by atoms with van der Waals surface area (Å²) in [5.41, 5.74) is -0.510. The van der Waals surface area contributed by atoms with Crippen LogP contribution in [0.3, 0.4) is 0 Å². The van der Waals surface area contributed by atoms with Crippen LogP contribution in [0.4, 0.5) is 13.2 Å². The molecule has 1 aliphatic carbocycles. The van der Waals surface area contributed by atoms with E-state index in [1.54, 1.807) is 6.08 Å². The lowest BCUT2D eigenvalue weighted by Gasteiger charge is -2.22. The highest BCUT2D eigenvalue weighted by molar-refractivity contribution is 5.29. The molecule has 13 heavy (non-hydrogen) atoms. The summed E-state index contributed by atoms with van der Waals surface area (Å²) in [5.74, 6) is 0.248. The highest BCUT2D eigenvalue weighted by Gasteiger charge is 2.34. The molecular weight excluding hydrogens is 177 g/mol. The van der Waals surface area contributed by atoms with Gasteiger partial charge in [0, 0.05) is 0 Å². The maximum atomic E-state index is 12.2. The number of halogens is 3. The molecule has 0 saturated carbocycles. The lowest BCUT2D eigenvalue weighted by Crippen LogP contribution is -2.17. The standard InChI is InChI=1S/C10H13F3/c1-3-8-4-5-9(6-7(8)2)10(11,12)13/h4-8H,3H2,1-2H3. The normalized spacial score (nSPS) is 28.8. The monoisotopic (exact) mass is 190 g/mol. The second kappa shape index (κ2) is 3.56. The minimum atomic E-state index is -4.19. The van der Waals surface area contributed by atoms with E-state index >= 15 is 0 Å². The van der Waals surface area contributed by atoms with Gasteiger partial charge in [-0.25, -0.2) is 0 Å². The molecule has 1 rings (SSSR count). The SMILES string of the molecule is CCC1C=CC(C(F)(F)F)=CC1C. The van der Waals surface area contributed by atoms with Gasteiger partial charge in [-0.3, -0.25) is 0 Å². The summed E-state index contributed by atoms with van der Waals surface area (Å²) in [7, 11) is 0. The predicted octanol–water partition coefficient (Wildman–Crippen LogP) is 3.71. The van der Waals surface area contributed by atoms with Crippen molar-refractivity contribution in [3.63, 3.8) is 0 Å². The summed E-state index contributed by atoms with van der Waals surface area (Å²) in [6.07, 6.45) is 0.860. The zero-order valence-electron chi connectivity index (χ0n) is 7.73. The van der Waals surface area contributed by atoms with Crippen molar-refractivity contribution in [2.75, 3.05) is 0 Å². The van der Waals surface area contributed by atoms with Crippen molar-refractivity contribution in [2.24, 2.45) is 11.8 Å². The Morgan fingerprint density at radius 3 is 2.38 bits per heavy atom. The zero-order valence-corrected chi connectivity index (χ0v) is 7.73. The van der Waals surface area contributed by atoms with Gasteiger partial charge in [-0.1, -0.05) is 32.1 Å². The van der Waals surface area contributed by atoms with Crippen molar-refractivity contribution < 1.29 is 13.2 Å². The molecule has 0 aromatic heterocycles. The van der Waals surface area contributed by atoms with E-state index < -0.39 is 11.7 Å². The van der Waals surface area contributed by atoms with E-state index in [0.717, 1.165) is 6.42 Å². The molecule has 1 aliphatic rings. The van der Waals surface area contributed by atoms with Gasteiger partial charge in [-0.05, 0) is 18.3 Å². The maximum absolute atomic E-state index is 12.2. The van der Waals surface area contributed by atoms with E-state index in [4.69, 9.17) is 0 Å². The summed E-state index contributed by atoms with van der Waals surface area (Å²) in [5, 5.41) is 0. The summed E-state index contributed by atoms with van der Waals surface area (Å²) >= 11 is 0. The van der Waals surface area contributed by atoms with Gasteiger partial charge in [-0.15, -0.1) is 0 Å². The summed E-state index contributed by atoms with van der Waals surface area (Å²) in [6, 6.07) is 0. The number of hydrogen-bond acceptors (Lipinski definition) is 0. The van der Waals surface area contributed by atoms with Gasteiger partial charge in [0.05, 0.1) is 5.57 Å². The van der Waals surface area contributed by atoms with Crippen LogP contribution in [0.25, 0.3) is 0 Å². The molecule has 2 unspecified atom stereocenters. The molecule has 0 heterocycles. The van der Waals surface area contributed by atoms with Crippen molar-refractivity contribution in [1.29, 1.82) is 0 Å². The largest absolute Gasteiger partial charge is 0.416 e. The van der Waals surface area contributed by atoms with Crippen molar-refractivity contribution in [3.05, 3.63) is 23.8 Å². The van der Waals surface area contributed by atoms with Crippen LogP contribution < -0.4 is 0 Å². The topological polar surface area (TPSA) is 0 Å². The van der Waals surface area contributed by atoms with Gasteiger partial charge in [0.15, 0.2) is 0 Å².